The van der Waals surface area contributed by atoms with Gasteiger partial charge in [0.05, 0.1) is 0 Å². The Kier molecular flexibility index (Phi) is 4.23. The van der Waals surface area contributed by atoms with Gasteiger partial charge in [-0.25, -0.2) is 9.59 Å². The van der Waals surface area contributed by atoms with Crippen molar-refractivity contribution in [1.82, 2.24) is 0 Å². The smallest absolute Gasteiger partial charge is 0.347 e. The highest BCUT2D eigenvalue weighted by Gasteiger charge is 2.23. The van der Waals surface area contributed by atoms with Crippen LogP contribution >= 0.6 is 0 Å². The monoisotopic (exact) mass is 536 g/mol. The highest BCUT2D eigenvalue weighted by molar-refractivity contribution is 6.08. The largest absolute Gasteiger partial charge is 0.449 e. The molecule has 0 aliphatic rings. The van der Waals surface area contributed by atoms with Crippen molar-refractivity contribution in [2.45, 2.75) is 0 Å². The quantitative estimate of drug-likeness (QED) is 0.161. The minimum atomic E-state index is -0.526. The number of fused-ring (bicyclic) bond motifs is 9. The van der Waals surface area contributed by atoms with Crippen LogP contribution in [0.2, 0.25) is 0 Å². The number of hydrogen-bond donors (Lipinski definition) is 0. The number of benzene rings is 4. The van der Waals surface area contributed by atoms with Crippen LogP contribution in [0, 0.1) is 0 Å². The molecule has 0 radical (unpaired) electrons. The van der Waals surface area contributed by atoms with E-state index in [1.54, 1.807) is 36.4 Å². The molecular formula is C34H16O7. The second-order valence-corrected chi connectivity index (χ2v) is 10.0. The second-order valence-electron chi connectivity index (χ2n) is 10.0. The molecule has 0 amide bonds. The number of hydrogen-bond acceptors (Lipinski definition) is 7. The van der Waals surface area contributed by atoms with Crippen LogP contribution in [0.25, 0.3) is 88.5 Å². The molecule has 5 heterocycles. The summed E-state index contributed by atoms with van der Waals surface area (Å²) in [6, 6.07) is 30.0. The van der Waals surface area contributed by atoms with Gasteiger partial charge in [-0.15, -0.1) is 0 Å². The summed E-state index contributed by atoms with van der Waals surface area (Å²) in [5.41, 5.74) is 1.94. The van der Waals surface area contributed by atoms with Crippen molar-refractivity contribution in [1.29, 1.82) is 0 Å². The Morgan fingerprint density at radius 3 is 1.34 bits per heavy atom. The van der Waals surface area contributed by atoms with Crippen LogP contribution in [-0.4, -0.2) is 0 Å². The average molecular weight is 536 g/mol. The Morgan fingerprint density at radius 1 is 0.390 bits per heavy atom. The Morgan fingerprint density at radius 2 is 0.854 bits per heavy atom. The topological polar surface area (TPSA) is 99.8 Å². The molecule has 0 spiro atoms. The molecule has 7 nitrogen and oxygen atoms in total. The Balaban J connectivity index is 1.21. The van der Waals surface area contributed by atoms with Gasteiger partial charge in [0, 0.05) is 22.9 Å². The van der Waals surface area contributed by atoms with Gasteiger partial charge < -0.3 is 22.1 Å². The summed E-state index contributed by atoms with van der Waals surface area (Å²) in [6.45, 7) is 0. The van der Waals surface area contributed by atoms with E-state index < -0.39 is 11.3 Å². The maximum Gasteiger partial charge on any atom is 0.347 e. The molecule has 0 atom stereocenters. The first-order valence-corrected chi connectivity index (χ1v) is 13.0. The molecule has 9 rings (SSSR count). The number of furan rings is 3. The molecule has 5 aromatic heterocycles. The summed E-state index contributed by atoms with van der Waals surface area (Å²) in [4.78, 5) is 25.9. The van der Waals surface area contributed by atoms with Crippen LogP contribution in [0.15, 0.2) is 129 Å². The van der Waals surface area contributed by atoms with Gasteiger partial charge in [0.2, 0.25) is 11.2 Å². The summed E-state index contributed by atoms with van der Waals surface area (Å²) in [6.07, 6.45) is 0. The van der Waals surface area contributed by atoms with Crippen LogP contribution in [0.3, 0.4) is 0 Å². The second kappa shape index (κ2) is 7.86. The lowest BCUT2D eigenvalue weighted by atomic mass is 10.0. The van der Waals surface area contributed by atoms with E-state index in [1.165, 1.54) is 0 Å². The van der Waals surface area contributed by atoms with Crippen molar-refractivity contribution in [2.24, 2.45) is 0 Å². The molecule has 7 heteroatoms. The van der Waals surface area contributed by atoms with Crippen molar-refractivity contribution in [3.8, 4) is 22.6 Å². The third-order valence-electron chi connectivity index (χ3n) is 7.64. The molecule has 9 aromatic rings. The van der Waals surface area contributed by atoms with Gasteiger partial charge in [0.1, 0.15) is 33.8 Å². The summed E-state index contributed by atoms with van der Waals surface area (Å²) in [5, 5.41) is 5.59. The molecule has 0 bridgehead atoms. The zero-order valence-electron chi connectivity index (χ0n) is 21.1. The summed E-state index contributed by atoms with van der Waals surface area (Å²) in [5.74, 6) is 0.581. The van der Waals surface area contributed by atoms with Gasteiger partial charge in [-0.05, 0) is 45.8 Å². The van der Waals surface area contributed by atoms with E-state index in [0.29, 0.717) is 45.0 Å². The minimum absolute atomic E-state index is 0.266. The lowest BCUT2D eigenvalue weighted by Gasteiger charge is -2.04. The molecule has 194 valence electrons. The highest BCUT2D eigenvalue weighted by Crippen LogP contribution is 2.39. The Hall–Kier alpha value is -5.82. The van der Waals surface area contributed by atoms with E-state index in [0.717, 1.165) is 32.3 Å². The van der Waals surface area contributed by atoms with Crippen LogP contribution in [0.1, 0.15) is 0 Å². The van der Waals surface area contributed by atoms with Gasteiger partial charge >= 0.3 is 11.3 Å². The highest BCUT2D eigenvalue weighted by atomic mass is 16.4. The summed E-state index contributed by atoms with van der Waals surface area (Å²) in [7, 11) is 0. The van der Waals surface area contributed by atoms with Crippen molar-refractivity contribution >= 4 is 65.8 Å². The molecule has 0 saturated carbocycles. The molecular weight excluding hydrogens is 520 g/mol. The van der Waals surface area contributed by atoms with Crippen molar-refractivity contribution in [3.63, 3.8) is 0 Å². The predicted octanol–water partition coefficient (Wildman–Crippen LogP) is 8.63. The van der Waals surface area contributed by atoms with E-state index >= 15 is 0 Å². The van der Waals surface area contributed by atoms with Crippen molar-refractivity contribution in [3.05, 3.63) is 118 Å². The predicted molar refractivity (Wildman–Crippen MR) is 156 cm³/mol. The first-order chi connectivity index (χ1) is 20.1. The third kappa shape index (κ3) is 3.14. The lowest BCUT2D eigenvalue weighted by molar-refractivity contribution is 0.551. The van der Waals surface area contributed by atoms with Crippen LogP contribution in [0.5, 0.6) is 0 Å². The zero-order chi connectivity index (χ0) is 27.2. The first kappa shape index (κ1) is 22.0. The maximum absolute atomic E-state index is 12.9. The lowest BCUT2D eigenvalue weighted by Crippen LogP contribution is -2.02. The van der Waals surface area contributed by atoms with Gasteiger partial charge in [0.25, 0.3) is 0 Å². The number of rotatable bonds is 2. The van der Waals surface area contributed by atoms with Gasteiger partial charge in [-0.3, -0.25) is 0 Å². The van der Waals surface area contributed by atoms with E-state index in [9.17, 15) is 9.59 Å². The molecule has 0 aliphatic carbocycles. The summed E-state index contributed by atoms with van der Waals surface area (Å²) < 4.78 is 29.5. The molecule has 0 unspecified atom stereocenters. The molecule has 0 saturated heterocycles. The first-order valence-electron chi connectivity index (χ1n) is 13.0. The van der Waals surface area contributed by atoms with Crippen LogP contribution in [0.4, 0.5) is 0 Å². The molecule has 0 aliphatic heterocycles. The van der Waals surface area contributed by atoms with Crippen molar-refractivity contribution in [2.75, 3.05) is 0 Å². The van der Waals surface area contributed by atoms with Gasteiger partial charge in [0.15, 0.2) is 11.2 Å². The molecule has 0 N–H and O–H groups in total. The van der Waals surface area contributed by atoms with E-state index in [4.69, 9.17) is 22.1 Å². The normalized spacial score (nSPS) is 12.1. The van der Waals surface area contributed by atoms with E-state index in [-0.39, 0.29) is 11.1 Å². The van der Waals surface area contributed by atoms with Crippen LogP contribution < -0.4 is 11.3 Å². The van der Waals surface area contributed by atoms with Crippen molar-refractivity contribution < 1.29 is 22.1 Å². The van der Waals surface area contributed by atoms with E-state index in [1.807, 2.05) is 60.7 Å². The Bertz CT molecular complexity index is 2460. The fourth-order valence-electron chi connectivity index (χ4n) is 5.69. The third-order valence-corrected chi connectivity index (χ3v) is 7.64. The van der Waals surface area contributed by atoms with Crippen LogP contribution in [-0.2, 0) is 0 Å². The average Bonchev–Trinajstić information content (AvgIpc) is 3.67. The Labute approximate surface area is 228 Å². The fraction of sp³-hybridized carbons (Fsp3) is 0. The SMILES string of the molecule is O=c1oc2ccc3ccccc3c2cc1-c1cc2oc3cc(-c4cc5c(ccc6ccccc65)oc4=O)oc3c2o1. The zero-order valence-corrected chi connectivity index (χ0v) is 21.1. The van der Waals surface area contributed by atoms with Gasteiger partial charge in [-0.1, -0.05) is 60.7 Å². The fourth-order valence-corrected chi connectivity index (χ4v) is 5.69. The minimum Gasteiger partial charge on any atom is -0.449 e. The molecule has 4 aromatic carbocycles. The maximum atomic E-state index is 12.9. The molecule has 0 fully saturated rings. The summed E-state index contributed by atoms with van der Waals surface area (Å²) >= 11 is 0. The molecule has 41 heavy (non-hydrogen) atoms. The van der Waals surface area contributed by atoms with Gasteiger partial charge in [-0.2, -0.15) is 0 Å². The standard InChI is InChI=1S/C34H16O7/c35-33-23(13-21-19-7-3-1-5-17(19)9-11-25(21)40-33)27-15-29-31(38-27)32-30(37-29)16-28(39-32)24-14-22-20-8-4-2-6-18(20)10-12-26(22)41-34(24)36/h1-16H. The van der Waals surface area contributed by atoms with E-state index in [2.05, 4.69) is 0 Å².